The second-order valence-corrected chi connectivity index (χ2v) is 5.60. The highest BCUT2D eigenvalue weighted by Crippen LogP contribution is 2.32. The molecule has 20 heavy (non-hydrogen) atoms. The molecule has 1 aromatic heterocycles. The number of hydrogen-bond donors (Lipinski definition) is 1. The zero-order valence-corrected chi connectivity index (χ0v) is 13.5. The van der Waals surface area contributed by atoms with Crippen molar-refractivity contribution in [1.82, 2.24) is 9.97 Å². The number of nitrogens with two attached hydrogens (primary N) is 1. The fraction of sp³-hybridized carbons (Fsp3) is 0.333. The van der Waals surface area contributed by atoms with E-state index in [-0.39, 0.29) is 0 Å². The van der Waals surface area contributed by atoms with E-state index in [9.17, 15) is 0 Å². The van der Waals surface area contributed by atoms with Crippen molar-refractivity contribution in [2.45, 2.75) is 33.6 Å². The molecule has 0 aliphatic carbocycles. The van der Waals surface area contributed by atoms with Crippen LogP contribution in [0, 0.1) is 13.8 Å². The fourth-order valence-electron chi connectivity index (χ4n) is 1.79. The number of rotatable bonds is 4. The minimum absolute atomic E-state index is 0.474. The van der Waals surface area contributed by atoms with Crippen LogP contribution in [0.15, 0.2) is 22.7 Å². The van der Waals surface area contributed by atoms with Crippen molar-refractivity contribution < 1.29 is 4.74 Å². The molecule has 0 unspecified atom stereocenters. The quantitative estimate of drug-likeness (QED) is 0.910. The summed E-state index contributed by atoms with van der Waals surface area (Å²) in [6.45, 7) is 5.97. The Morgan fingerprint density at radius 3 is 2.65 bits per heavy atom. The summed E-state index contributed by atoms with van der Waals surface area (Å²) in [5.74, 6) is 2.43. The Morgan fingerprint density at radius 1 is 1.25 bits per heavy atom. The van der Waals surface area contributed by atoms with Crippen molar-refractivity contribution in [3.05, 3.63) is 39.6 Å². The number of halogens is 1. The van der Waals surface area contributed by atoms with Crippen molar-refractivity contribution in [2.24, 2.45) is 0 Å². The van der Waals surface area contributed by atoms with E-state index in [0.717, 1.165) is 34.2 Å². The molecular formula is C15H18BrN3O. The number of hydrogen-bond acceptors (Lipinski definition) is 4. The number of anilines is 1. The second kappa shape index (κ2) is 6.22. The molecule has 0 aliphatic heterocycles. The third-order valence-electron chi connectivity index (χ3n) is 2.95. The Morgan fingerprint density at radius 2 is 2.00 bits per heavy atom. The Hall–Kier alpha value is -1.62. The van der Waals surface area contributed by atoms with E-state index >= 15 is 0 Å². The summed E-state index contributed by atoms with van der Waals surface area (Å²) in [7, 11) is 0. The Bertz CT molecular complexity index is 629. The van der Waals surface area contributed by atoms with Gasteiger partial charge >= 0.3 is 0 Å². The first-order valence-electron chi connectivity index (χ1n) is 6.58. The molecule has 0 saturated carbocycles. The topological polar surface area (TPSA) is 61.0 Å². The SMILES string of the molecule is CCCc1nc(N)c(C)c(Oc2ccc(C)cc2Br)n1. The first kappa shape index (κ1) is 14.8. The average molecular weight is 336 g/mol. The van der Waals surface area contributed by atoms with Gasteiger partial charge in [0.05, 0.1) is 10.0 Å². The molecule has 0 fully saturated rings. The Balaban J connectivity index is 2.37. The van der Waals surface area contributed by atoms with Gasteiger partial charge in [-0.15, -0.1) is 0 Å². The smallest absolute Gasteiger partial charge is 0.227 e. The van der Waals surface area contributed by atoms with Crippen LogP contribution in [0.25, 0.3) is 0 Å². The normalized spacial score (nSPS) is 10.6. The van der Waals surface area contributed by atoms with Crippen molar-refractivity contribution in [1.29, 1.82) is 0 Å². The summed E-state index contributed by atoms with van der Waals surface area (Å²) in [4.78, 5) is 8.72. The lowest BCUT2D eigenvalue weighted by Gasteiger charge is -2.12. The molecule has 0 radical (unpaired) electrons. The Kier molecular flexibility index (Phi) is 4.60. The number of nitrogen functional groups attached to an aromatic ring is 1. The van der Waals surface area contributed by atoms with Gasteiger partial charge < -0.3 is 10.5 Å². The summed E-state index contributed by atoms with van der Waals surface area (Å²) in [5.41, 5.74) is 7.85. The van der Waals surface area contributed by atoms with Crippen LogP contribution in [0.3, 0.4) is 0 Å². The van der Waals surface area contributed by atoms with Gasteiger partial charge in [-0.3, -0.25) is 0 Å². The van der Waals surface area contributed by atoms with Crippen LogP contribution >= 0.6 is 15.9 Å². The molecule has 2 rings (SSSR count). The molecule has 0 saturated heterocycles. The van der Waals surface area contributed by atoms with E-state index in [0.29, 0.717) is 17.5 Å². The van der Waals surface area contributed by atoms with E-state index in [2.05, 4.69) is 32.8 Å². The van der Waals surface area contributed by atoms with E-state index in [1.807, 2.05) is 32.0 Å². The predicted octanol–water partition coefficient (Wildman–Crippen LogP) is 4.18. The maximum Gasteiger partial charge on any atom is 0.227 e. The van der Waals surface area contributed by atoms with Crippen LogP contribution in [-0.2, 0) is 6.42 Å². The molecule has 2 aromatic rings. The van der Waals surface area contributed by atoms with Crippen LogP contribution in [-0.4, -0.2) is 9.97 Å². The zero-order chi connectivity index (χ0) is 14.7. The van der Waals surface area contributed by atoms with Gasteiger partial charge in [0.15, 0.2) is 0 Å². The minimum Gasteiger partial charge on any atom is -0.437 e. The first-order chi connectivity index (χ1) is 9.51. The maximum atomic E-state index is 5.92. The molecule has 0 aliphatic rings. The van der Waals surface area contributed by atoms with Crippen molar-refractivity contribution in [2.75, 3.05) is 5.73 Å². The average Bonchev–Trinajstić information content (AvgIpc) is 2.39. The van der Waals surface area contributed by atoms with Crippen molar-refractivity contribution in [3.63, 3.8) is 0 Å². The molecule has 0 amide bonds. The molecule has 0 atom stereocenters. The van der Waals surface area contributed by atoms with Crippen LogP contribution in [0.1, 0.15) is 30.3 Å². The third-order valence-corrected chi connectivity index (χ3v) is 3.57. The first-order valence-corrected chi connectivity index (χ1v) is 7.37. The van der Waals surface area contributed by atoms with Gasteiger partial charge in [0, 0.05) is 6.42 Å². The minimum atomic E-state index is 0.474. The highest BCUT2D eigenvalue weighted by Gasteiger charge is 2.12. The van der Waals surface area contributed by atoms with Gasteiger partial charge in [-0.1, -0.05) is 13.0 Å². The lowest BCUT2D eigenvalue weighted by atomic mass is 10.2. The van der Waals surface area contributed by atoms with Gasteiger partial charge in [0.25, 0.3) is 0 Å². The number of nitrogens with zero attached hydrogens (tertiary/aromatic N) is 2. The lowest BCUT2D eigenvalue weighted by molar-refractivity contribution is 0.452. The molecule has 106 valence electrons. The maximum absolute atomic E-state index is 5.92. The monoisotopic (exact) mass is 335 g/mol. The third kappa shape index (κ3) is 3.28. The molecule has 4 nitrogen and oxygen atoms in total. The molecule has 0 bridgehead atoms. The van der Waals surface area contributed by atoms with Crippen LogP contribution in [0.2, 0.25) is 0 Å². The molecule has 2 N–H and O–H groups in total. The number of benzene rings is 1. The van der Waals surface area contributed by atoms with Gasteiger partial charge in [0.2, 0.25) is 5.88 Å². The summed E-state index contributed by atoms with van der Waals surface area (Å²) < 4.78 is 6.78. The van der Waals surface area contributed by atoms with Gasteiger partial charge in [-0.25, -0.2) is 4.98 Å². The van der Waals surface area contributed by atoms with Crippen molar-refractivity contribution in [3.8, 4) is 11.6 Å². The lowest BCUT2D eigenvalue weighted by Crippen LogP contribution is -2.05. The molecule has 1 heterocycles. The fourth-order valence-corrected chi connectivity index (χ4v) is 2.36. The molecule has 5 heteroatoms. The highest BCUT2D eigenvalue weighted by molar-refractivity contribution is 9.10. The van der Waals surface area contributed by atoms with Gasteiger partial charge in [0.1, 0.15) is 17.4 Å². The van der Waals surface area contributed by atoms with Crippen LogP contribution in [0.5, 0.6) is 11.6 Å². The number of ether oxygens (including phenoxy) is 1. The number of aryl methyl sites for hydroxylation is 2. The highest BCUT2D eigenvalue weighted by atomic mass is 79.9. The van der Waals surface area contributed by atoms with Gasteiger partial charge in [-0.05, 0) is 53.9 Å². The zero-order valence-electron chi connectivity index (χ0n) is 11.9. The standard InChI is InChI=1S/C15H18BrN3O/c1-4-5-13-18-14(17)10(3)15(19-13)20-12-7-6-9(2)8-11(12)16/h6-8H,4-5H2,1-3H3,(H2,17,18,19). The summed E-state index contributed by atoms with van der Waals surface area (Å²) in [6.07, 6.45) is 1.76. The van der Waals surface area contributed by atoms with E-state index < -0.39 is 0 Å². The van der Waals surface area contributed by atoms with E-state index in [1.54, 1.807) is 0 Å². The molecule has 0 spiro atoms. The summed E-state index contributed by atoms with van der Waals surface area (Å²) >= 11 is 3.50. The van der Waals surface area contributed by atoms with Crippen LogP contribution < -0.4 is 10.5 Å². The van der Waals surface area contributed by atoms with Gasteiger partial charge in [-0.2, -0.15) is 4.98 Å². The predicted molar refractivity (Wildman–Crippen MR) is 84.1 cm³/mol. The van der Waals surface area contributed by atoms with Crippen LogP contribution in [0.4, 0.5) is 5.82 Å². The second-order valence-electron chi connectivity index (χ2n) is 4.74. The summed E-state index contributed by atoms with van der Waals surface area (Å²) in [6, 6.07) is 5.91. The van der Waals surface area contributed by atoms with Crippen molar-refractivity contribution >= 4 is 21.7 Å². The largest absolute Gasteiger partial charge is 0.437 e. The van der Waals surface area contributed by atoms with E-state index in [1.165, 1.54) is 0 Å². The molecule has 1 aromatic carbocycles. The molecular weight excluding hydrogens is 318 g/mol. The Labute approximate surface area is 127 Å². The number of aromatic nitrogens is 2. The summed E-state index contributed by atoms with van der Waals surface area (Å²) in [5, 5.41) is 0. The van der Waals surface area contributed by atoms with E-state index in [4.69, 9.17) is 10.5 Å².